The Balaban J connectivity index is 2.03. The lowest BCUT2D eigenvalue weighted by Crippen LogP contribution is -2.39. The molecule has 1 aromatic rings. The highest BCUT2D eigenvalue weighted by atomic mass is 16.5. The molecule has 1 aliphatic heterocycles. The average Bonchev–Trinajstić information content (AvgIpc) is 3.09. The number of hydrogen-bond donors (Lipinski definition) is 1. The minimum atomic E-state index is 0.220. The number of nitrogens with one attached hydrogen (secondary N) is 1. The van der Waals surface area contributed by atoms with Crippen molar-refractivity contribution in [3.8, 4) is 0 Å². The van der Waals surface area contributed by atoms with Gasteiger partial charge in [0.25, 0.3) is 0 Å². The summed E-state index contributed by atoms with van der Waals surface area (Å²) >= 11 is 0. The van der Waals surface area contributed by atoms with Crippen molar-refractivity contribution in [1.82, 2.24) is 15.1 Å². The molecule has 1 saturated heterocycles. The molecule has 1 fully saturated rings. The van der Waals surface area contributed by atoms with Crippen molar-refractivity contribution in [2.75, 3.05) is 19.8 Å². The molecule has 1 N–H and O–H groups in total. The molecule has 0 saturated carbocycles. The van der Waals surface area contributed by atoms with E-state index in [9.17, 15) is 0 Å². The lowest BCUT2D eigenvalue weighted by atomic mass is 9.82. The zero-order chi connectivity index (χ0) is 15.3. The van der Waals surface area contributed by atoms with Crippen LogP contribution in [-0.2, 0) is 11.2 Å². The SMILES string of the molecule is CCC(CC)n1ccc(CC2(CNC(C)C)CCOC2)n1. The van der Waals surface area contributed by atoms with Gasteiger partial charge >= 0.3 is 0 Å². The fraction of sp³-hybridized carbons (Fsp3) is 0.824. The Labute approximate surface area is 129 Å². The summed E-state index contributed by atoms with van der Waals surface area (Å²) in [5, 5.41) is 8.41. The van der Waals surface area contributed by atoms with Crippen molar-refractivity contribution < 1.29 is 4.74 Å². The highest BCUT2D eigenvalue weighted by molar-refractivity contribution is 5.06. The van der Waals surface area contributed by atoms with E-state index >= 15 is 0 Å². The summed E-state index contributed by atoms with van der Waals surface area (Å²) in [7, 11) is 0. The van der Waals surface area contributed by atoms with Crippen molar-refractivity contribution >= 4 is 0 Å². The zero-order valence-electron chi connectivity index (χ0n) is 14.1. The van der Waals surface area contributed by atoms with Gasteiger partial charge in [-0.15, -0.1) is 0 Å². The molecule has 1 aromatic heterocycles. The molecule has 2 rings (SSSR count). The lowest BCUT2D eigenvalue weighted by molar-refractivity contribution is 0.147. The molecule has 0 aliphatic carbocycles. The van der Waals surface area contributed by atoms with Gasteiger partial charge < -0.3 is 10.1 Å². The van der Waals surface area contributed by atoms with Crippen molar-refractivity contribution in [3.63, 3.8) is 0 Å². The Hall–Kier alpha value is -0.870. The van der Waals surface area contributed by atoms with E-state index in [1.807, 2.05) is 0 Å². The van der Waals surface area contributed by atoms with E-state index in [0.717, 1.165) is 45.4 Å². The molecule has 1 unspecified atom stereocenters. The molecule has 2 heterocycles. The smallest absolute Gasteiger partial charge is 0.0631 e. The summed E-state index contributed by atoms with van der Waals surface area (Å²) in [5.41, 5.74) is 1.43. The Kier molecular flexibility index (Phi) is 5.82. The van der Waals surface area contributed by atoms with Crippen LogP contribution in [0, 0.1) is 5.41 Å². The first kappa shape index (κ1) is 16.5. The molecular weight excluding hydrogens is 262 g/mol. The van der Waals surface area contributed by atoms with Crippen LogP contribution < -0.4 is 5.32 Å². The average molecular weight is 293 g/mol. The Morgan fingerprint density at radius 3 is 2.71 bits per heavy atom. The maximum Gasteiger partial charge on any atom is 0.0631 e. The van der Waals surface area contributed by atoms with Crippen LogP contribution in [0.3, 0.4) is 0 Å². The van der Waals surface area contributed by atoms with Gasteiger partial charge in [0.2, 0.25) is 0 Å². The minimum Gasteiger partial charge on any atom is -0.381 e. The molecule has 4 nitrogen and oxygen atoms in total. The molecule has 120 valence electrons. The van der Waals surface area contributed by atoms with Gasteiger partial charge in [-0.3, -0.25) is 4.68 Å². The summed E-state index contributed by atoms with van der Waals surface area (Å²) in [6.45, 7) is 11.6. The summed E-state index contributed by atoms with van der Waals surface area (Å²) in [4.78, 5) is 0. The Bertz CT molecular complexity index is 417. The maximum absolute atomic E-state index is 5.69. The van der Waals surface area contributed by atoms with Gasteiger partial charge in [-0.2, -0.15) is 5.10 Å². The minimum absolute atomic E-state index is 0.220. The van der Waals surface area contributed by atoms with Crippen LogP contribution in [0.15, 0.2) is 12.3 Å². The fourth-order valence-corrected chi connectivity index (χ4v) is 3.13. The second-order valence-corrected chi connectivity index (χ2v) is 6.77. The van der Waals surface area contributed by atoms with Crippen LogP contribution in [0.25, 0.3) is 0 Å². The monoisotopic (exact) mass is 293 g/mol. The predicted molar refractivity (Wildman–Crippen MR) is 86.6 cm³/mol. The number of hydrogen-bond acceptors (Lipinski definition) is 3. The summed E-state index contributed by atoms with van der Waals surface area (Å²) in [5.74, 6) is 0. The van der Waals surface area contributed by atoms with Gasteiger partial charge in [0.05, 0.1) is 18.3 Å². The lowest BCUT2D eigenvalue weighted by Gasteiger charge is -2.28. The largest absolute Gasteiger partial charge is 0.381 e. The third-order valence-electron chi connectivity index (χ3n) is 4.61. The molecular formula is C17H31N3O. The summed E-state index contributed by atoms with van der Waals surface area (Å²) in [6, 6.07) is 3.24. The second-order valence-electron chi connectivity index (χ2n) is 6.77. The van der Waals surface area contributed by atoms with E-state index in [4.69, 9.17) is 9.84 Å². The zero-order valence-corrected chi connectivity index (χ0v) is 14.1. The topological polar surface area (TPSA) is 39.1 Å². The normalized spacial score (nSPS) is 22.6. The first-order valence-corrected chi connectivity index (χ1v) is 8.43. The van der Waals surface area contributed by atoms with Crippen molar-refractivity contribution in [1.29, 1.82) is 0 Å². The first-order chi connectivity index (χ1) is 10.1. The molecule has 21 heavy (non-hydrogen) atoms. The van der Waals surface area contributed by atoms with Crippen LogP contribution in [0.4, 0.5) is 0 Å². The molecule has 0 amide bonds. The predicted octanol–water partition coefficient (Wildman–Crippen LogP) is 3.19. The molecule has 4 heteroatoms. The molecule has 0 bridgehead atoms. The summed E-state index contributed by atoms with van der Waals surface area (Å²) in [6.07, 6.45) is 6.57. The molecule has 0 radical (unpaired) electrons. The van der Waals surface area contributed by atoms with E-state index in [2.05, 4.69) is 50.0 Å². The van der Waals surface area contributed by atoms with Crippen LogP contribution in [0.1, 0.15) is 58.7 Å². The Morgan fingerprint density at radius 2 is 2.14 bits per heavy atom. The molecule has 1 aliphatic rings. The quantitative estimate of drug-likeness (QED) is 0.800. The van der Waals surface area contributed by atoms with Crippen LogP contribution in [0.2, 0.25) is 0 Å². The number of ether oxygens (including phenoxy) is 1. The fourth-order valence-electron chi connectivity index (χ4n) is 3.13. The van der Waals surface area contributed by atoms with Gasteiger partial charge in [-0.25, -0.2) is 0 Å². The maximum atomic E-state index is 5.69. The Morgan fingerprint density at radius 1 is 1.38 bits per heavy atom. The molecule has 0 spiro atoms. The standard InChI is InChI=1S/C17H31N3O/c1-5-16(6-2)20-9-7-15(19-20)11-17(8-10-21-13-17)12-18-14(3)4/h7,9,14,16,18H,5-6,8,10-13H2,1-4H3. The number of aromatic nitrogens is 2. The van der Waals surface area contributed by atoms with Gasteiger partial charge in [0, 0.05) is 37.2 Å². The van der Waals surface area contributed by atoms with Crippen LogP contribution >= 0.6 is 0 Å². The summed E-state index contributed by atoms with van der Waals surface area (Å²) < 4.78 is 7.83. The molecule has 0 aromatic carbocycles. The van der Waals surface area contributed by atoms with Crippen LogP contribution in [0.5, 0.6) is 0 Å². The van der Waals surface area contributed by atoms with Crippen LogP contribution in [-0.4, -0.2) is 35.6 Å². The van der Waals surface area contributed by atoms with Crippen molar-refractivity contribution in [2.45, 2.75) is 65.5 Å². The van der Waals surface area contributed by atoms with E-state index in [0.29, 0.717) is 12.1 Å². The third kappa shape index (κ3) is 4.30. The number of nitrogens with zero attached hydrogens (tertiary/aromatic N) is 2. The van der Waals surface area contributed by atoms with E-state index in [-0.39, 0.29) is 5.41 Å². The molecule has 1 atom stereocenters. The number of rotatable bonds is 8. The van der Waals surface area contributed by atoms with E-state index in [1.165, 1.54) is 5.69 Å². The van der Waals surface area contributed by atoms with E-state index in [1.54, 1.807) is 0 Å². The van der Waals surface area contributed by atoms with E-state index < -0.39 is 0 Å². The third-order valence-corrected chi connectivity index (χ3v) is 4.61. The van der Waals surface area contributed by atoms with Gasteiger partial charge in [0.15, 0.2) is 0 Å². The highest BCUT2D eigenvalue weighted by Gasteiger charge is 2.35. The van der Waals surface area contributed by atoms with Gasteiger partial charge in [-0.05, 0) is 25.3 Å². The van der Waals surface area contributed by atoms with Crippen molar-refractivity contribution in [2.24, 2.45) is 5.41 Å². The highest BCUT2D eigenvalue weighted by Crippen LogP contribution is 2.32. The second kappa shape index (κ2) is 7.41. The first-order valence-electron chi connectivity index (χ1n) is 8.43. The van der Waals surface area contributed by atoms with Gasteiger partial charge in [0.1, 0.15) is 0 Å². The van der Waals surface area contributed by atoms with Crippen molar-refractivity contribution in [3.05, 3.63) is 18.0 Å². The van der Waals surface area contributed by atoms with Gasteiger partial charge in [-0.1, -0.05) is 27.7 Å².